The van der Waals surface area contributed by atoms with Crippen LogP contribution in [0.1, 0.15) is 17.3 Å². The summed E-state index contributed by atoms with van der Waals surface area (Å²) in [5.74, 6) is -0.492. The summed E-state index contributed by atoms with van der Waals surface area (Å²) in [6.45, 7) is 4.61. The molecule has 0 unspecified atom stereocenters. The molecular weight excluding hydrogens is 352 g/mol. The molecule has 6 heteroatoms. The predicted molar refractivity (Wildman–Crippen MR) is 109 cm³/mol. The lowest BCUT2D eigenvalue weighted by atomic mass is 10.1. The zero-order valence-electron chi connectivity index (χ0n) is 15.8. The molecule has 0 aromatic heterocycles. The van der Waals surface area contributed by atoms with Crippen LogP contribution in [-0.2, 0) is 4.79 Å². The highest BCUT2D eigenvalue weighted by molar-refractivity contribution is 6.06. The molecule has 28 heavy (non-hydrogen) atoms. The number of nitrogens with zero attached hydrogens (tertiary/aromatic N) is 3. The van der Waals surface area contributed by atoms with Gasteiger partial charge in [-0.05, 0) is 43.3 Å². The molecule has 6 nitrogen and oxygen atoms in total. The quantitative estimate of drug-likeness (QED) is 0.494. The van der Waals surface area contributed by atoms with Crippen molar-refractivity contribution < 1.29 is 9.59 Å². The number of anilines is 2. The number of carbonyl (C=O) groups excluding carboxylic acids is 2. The largest absolute Gasteiger partial charge is 0.373 e. The normalized spacial score (nSPS) is 14.4. The van der Waals surface area contributed by atoms with Crippen molar-refractivity contribution in [2.45, 2.75) is 6.92 Å². The molecule has 3 rings (SSSR count). The lowest BCUT2D eigenvalue weighted by Crippen LogP contribution is -2.44. The van der Waals surface area contributed by atoms with Gasteiger partial charge in [-0.15, -0.1) is 0 Å². The van der Waals surface area contributed by atoms with Crippen molar-refractivity contribution in [1.29, 1.82) is 5.26 Å². The van der Waals surface area contributed by atoms with Crippen LogP contribution in [0, 0.1) is 11.3 Å². The second kappa shape index (κ2) is 8.87. The van der Waals surface area contributed by atoms with Gasteiger partial charge in [0.05, 0.1) is 0 Å². The molecule has 1 saturated heterocycles. The number of para-hydroxylation sites is 1. The van der Waals surface area contributed by atoms with Gasteiger partial charge in [0.1, 0.15) is 11.6 Å². The summed E-state index contributed by atoms with van der Waals surface area (Å²) in [6, 6.07) is 18.8. The molecule has 0 aliphatic carbocycles. The van der Waals surface area contributed by atoms with Gasteiger partial charge in [0.15, 0.2) is 5.78 Å². The minimum absolute atomic E-state index is 0.0369. The highest BCUT2D eigenvalue weighted by Crippen LogP contribution is 2.16. The van der Waals surface area contributed by atoms with Crippen LogP contribution in [0.15, 0.2) is 66.4 Å². The highest BCUT2D eigenvalue weighted by Gasteiger charge is 2.17. The van der Waals surface area contributed by atoms with Crippen LogP contribution in [-0.4, -0.2) is 42.8 Å². The molecule has 0 saturated carbocycles. The Labute approximate surface area is 164 Å². The third-order valence-corrected chi connectivity index (χ3v) is 4.66. The number of hydrogen-bond acceptors (Lipinski definition) is 5. The summed E-state index contributed by atoms with van der Waals surface area (Å²) in [4.78, 5) is 28.0. The minimum Gasteiger partial charge on any atom is -0.373 e. The number of Topliss-reactive ketones (excluding diaryl/α,β-unsaturated/α-hetero) is 1. The first-order valence-electron chi connectivity index (χ1n) is 9.15. The number of nitriles is 1. The van der Waals surface area contributed by atoms with Crippen LogP contribution in [0.25, 0.3) is 0 Å². The summed E-state index contributed by atoms with van der Waals surface area (Å²) in [6.07, 6.45) is 1.63. The molecule has 2 aromatic carbocycles. The molecule has 1 aliphatic rings. The van der Waals surface area contributed by atoms with E-state index in [0.717, 1.165) is 26.2 Å². The molecule has 0 bridgehead atoms. The molecule has 142 valence electrons. The van der Waals surface area contributed by atoms with Crippen LogP contribution < -0.4 is 10.2 Å². The standard InChI is InChI=1S/C22H22N4O2/c1-17(27)18-7-9-20(10-8-18)24-22(28)19(15-23)16-25-11-13-26(14-12-25)21-5-3-2-4-6-21/h2-10,16H,11-14H2,1H3,(H,24,28)/b19-16-. The Morgan fingerprint density at radius 3 is 2.21 bits per heavy atom. The number of carbonyl (C=O) groups is 2. The number of ketones is 1. The van der Waals surface area contributed by atoms with E-state index in [-0.39, 0.29) is 11.4 Å². The second-order valence-corrected chi connectivity index (χ2v) is 6.60. The van der Waals surface area contributed by atoms with E-state index in [4.69, 9.17) is 0 Å². The number of amides is 1. The summed E-state index contributed by atoms with van der Waals surface area (Å²) in [7, 11) is 0. The number of piperazine rings is 1. The van der Waals surface area contributed by atoms with Crippen molar-refractivity contribution in [2.75, 3.05) is 36.4 Å². The Kier molecular flexibility index (Phi) is 6.07. The minimum atomic E-state index is -0.455. The first-order valence-corrected chi connectivity index (χ1v) is 9.15. The molecule has 2 aromatic rings. The topological polar surface area (TPSA) is 76.4 Å². The van der Waals surface area contributed by atoms with E-state index in [2.05, 4.69) is 22.3 Å². The Morgan fingerprint density at radius 2 is 1.64 bits per heavy atom. The monoisotopic (exact) mass is 374 g/mol. The van der Waals surface area contributed by atoms with E-state index in [1.807, 2.05) is 29.2 Å². The second-order valence-electron chi connectivity index (χ2n) is 6.60. The number of hydrogen-bond donors (Lipinski definition) is 1. The zero-order chi connectivity index (χ0) is 19.9. The Bertz CT molecular complexity index is 906. The average Bonchev–Trinajstić information content (AvgIpc) is 2.73. The maximum atomic E-state index is 12.4. The SMILES string of the molecule is CC(=O)c1ccc(NC(=O)/C(C#N)=C\N2CCN(c3ccccc3)CC2)cc1. The van der Waals surface area contributed by atoms with Crippen molar-refractivity contribution in [1.82, 2.24) is 4.90 Å². The van der Waals surface area contributed by atoms with Crippen LogP contribution >= 0.6 is 0 Å². The molecule has 0 spiro atoms. The molecule has 1 N–H and O–H groups in total. The van der Waals surface area contributed by atoms with E-state index in [0.29, 0.717) is 11.3 Å². The maximum Gasteiger partial charge on any atom is 0.267 e. The van der Waals surface area contributed by atoms with Crippen LogP contribution in [0.5, 0.6) is 0 Å². The van der Waals surface area contributed by atoms with Crippen molar-refractivity contribution in [2.24, 2.45) is 0 Å². The maximum absolute atomic E-state index is 12.4. The van der Waals surface area contributed by atoms with Gasteiger partial charge in [-0.3, -0.25) is 9.59 Å². The van der Waals surface area contributed by atoms with E-state index in [9.17, 15) is 14.9 Å². The van der Waals surface area contributed by atoms with Gasteiger partial charge in [-0.2, -0.15) is 5.26 Å². The van der Waals surface area contributed by atoms with E-state index in [1.165, 1.54) is 12.6 Å². The third-order valence-electron chi connectivity index (χ3n) is 4.66. The lowest BCUT2D eigenvalue weighted by Gasteiger charge is -2.35. The highest BCUT2D eigenvalue weighted by atomic mass is 16.1. The fourth-order valence-corrected chi connectivity index (χ4v) is 3.06. The first-order chi connectivity index (χ1) is 13.6. The third kappa shape index (κ3) is 4.77. The molecule has 1 fully saturated rings. The summed E-state index contributed by atoms with van der Waals surface area (Å²) in [5.41, 5.74) is 2.36. The van der Waals surface area contributed by atoms with E-state index >= 15 is 0 Å². The van der Waals surface area contributed by atoms with E-state index in [1.54, 1.807) is 30.5 Å². The van der Waals surface area contributed by atoms with Crippen molar-refractivity contribution in [3.63, 3.8) is 0 Å². The van der Waals surface area contributed by atoms with E-state index < -0.39 is 5.91 Å². The van der Waals surface area contributed by atoms with Crippen molar-refractivity contribution in [3.05, 3.63) is 71.9 Å². The van der Waals surface area contributed by atoms with Gasteiger partial charge in [0.2, 0.25) is 0 Å². The molecule has 0 atom stereocenters. The summed E-state index contributed by atoms with van der Waals surface area (Å²) in [5, 5.41) is 12.1. The van der Waals surface area contributed by atoms with Gasteiger partial charge in [0, 0.05) is 49.3 Å². The molecule has 0 radical (unpaired) electrons. The van der Waals surface area contributed by atoms with Gasteiger partial charge < -0.3 is 15.1 Å². The summed E-state index contributed by atoms with van der Waals surface area (Å²) >= 11 is 0. The zero-order valence-corrected chi connectivity index (χ0v) is 15.8. The summed E-state index contributed by atoms with van der Waals surface area (Å²) < 4.78 is 0. The Morgan fingerprint density at radius 1 is 1.00 bits per heavy atom. The first kappa shape index (κ1) is 19.2. The molecule has 1 amide bonds. The van der Waals surface area contributed by atoms with Gasteiger partial charge >= 0.3 is 0 Å². The smallest absolute Gasteiger partial charge is 0.267 e. The Balaban J connectivity index is 1.60. The average molecular weight is 374 g/mol. The molecule has 1 heterocycles. The molecular formula is C22H22N4O2. The van der Waals surface area contributed by atoms with Gasteiger partial charge in [0.25, 0.3) is 5.91 Å². The Hall–Kier alpha value is -3.59. The number of nitrogens with one attached hydrogen (secondary N) is 1. The van der Waals surface area contributed by atoms with Crippen LogP contribution in [0.2, 0.25) is 0 Å². The lowest BCUT2D eigenvalue weighted by molar-refractivity contribution is -0.112. The van der Waals surface area contributed by atoms with Crippen molar-refractivity contribution >= 4 is 23.1 Å². The van der Waals surface area contributed by atoms with Crippen molar-refractivity contribution in [3.8, 4) is 6.07 Å². The van der Waals surface area contributed by atoms with Crippen LogP contribution in [0.4, 0.5) is 11.4 Å². The molecule has 1 aliphatic heterocycles. The number of rotatable bonds is 5. The number of benzene rings is 2. The fraction of sp³-hybridized carbons (Fsp3) is 0.227. The fourth-order valence-electron chi connectivity index (χ4n) is 3.06. The van der Waals surface area contributed by atoms with Crippen LogP contribution in [0.3, 0.4) is 0 Å². The predicted octanol–water partition coefficient (Wildman–Crippen LogP) is 3.06. The van der Waals surface area contributed by atoms with Gasteiger partial charge in [-0.1, -0.05) is 18.2 Å². The van der Waals surface area contributed by atoms with Gasteiger partial charge in [-0.25, -0.2) is 0 Å².